The zero-order chi connectivity index (χ0) is 8.69. The van der Waals surface area contributed by atoms with Gasteiger partial charge in [-0.05, 0) is 0 Å². The summed E-state index contributed by atoms with van der Waals surface area (Å²) >= 11 is 4.06. The second-order valence-electron chi connectivity index (χ2n) is 2.07. The van der Waals surface area contributed by atoms with E-state index >= 15 is 0 Å². The second kappa shape index (κ2) is 7.31. The first-order valence-corrected chi connectivity index (χ1v) is 10.1. The van der Waals surface area contributed by atoms with Crippen molar-refractivity contribution in [1.82, 2.24) is 0 Å². The van der Waals surface area contributed by atoms with Crippen LogP contribution in [0.3, 0.4) is 0 Å². The van der Waals surface area contributed by atoms with Gasteiger partial charge >= 0.3 is 84.7 Å². The van der Waals surface area contributed by atoms with Gasteiger partial charge in [-0.2, -0.15) is 0 Å². The SMILES string of the molecule is CC[CH2][Hg][O]C(=O)C(Cl)OC. The molecule has 0 saturated heterocycles. The maximum absolute atomic E-state index is 10.8. The Morgan fingerprint density at radius 1 is 1.73 bits per heavy atom. The number of methoxy groups -OCH3 is 1. The number of carbonyl (C=O) groups is 1. The first-order valence-electron chi connectivity index (χ1n) is 3.55. The molecular weight excluding hydrogens is 356 g/mol. The fourth-order valence-electron chi connectivity index (χ4n) is 0.479. The van der Waals surface area contributed by atoms with Crippen molar-refractivity contribution in [2.45, 2.75) is 22.8 Å². The van der Waals surface area contributed by atoms with Crippen molar-refractivity contribution in [2.24, 2.45) is 0 Å². The van der Waals surface area contributed by atoms with Crippen LogP contribution in [-0.4, -0.2) is 18.6 Å². The average Bonchev–Trinajstić information content (AvgIpc) is 2.03. The van der Waals surface area contributed by atoms with E-state index in [1.807, 2.05) is 0 Å². The van der Waals surface area contributed by atoms with E-state index in [9.17, 15) is 4.79 Å². The number of halogens is 1. The van der Waals surface area contributed by atoms with Gasteiger partial charge in [0.2, 0.25) is 0 Å². The summed E-state index contributed by atoms with van der Waals surface area (Å²) in [6.07, 6.45) is 1.09. The molecule has 0 aliphatic rings. The topological polar surface area (TPSA) is 35.5 Å². The number of hydrogen-bond acceptors (Lipinski definition) is 3. The quantitative estimate of drug-likeness (QED) is 0.421. The van der Waals surface area contributed by atoms with Crippen LogP contribution >= 0.6 is 11.6 Å². The molecule has 0 heterocycles. The predicted octanol–water partition coefficient (Wildman–Crippen LogP) is 1.57. The van der Waals surface area contributed by atoms with Crippen LogP contribution in [0.2, 0.25) is 3.93 Å². The van der Waals surface area contributed by atoms with Gasteiger partial charge in [-0.1, -0.05) is 0 Å². The fraction of sp³-hybridized carbons (Fsp3) is 0.833. The van der Waals surface area contributed by atoms with Gasteiger partial charge in [0, 0.05) is 0 Å². The summed E-state index contributed by atoms with van der Waals surface area (Å²) in [6, 6.07) is 0. The summed E-state index contributed by atoms with van der Waals surface area (Å²) in [4.78, 5) is 10.8. The molecule has 0 spiro atoms. The maximum atomic E-state index is 10.8. The molecule has 1 unspecified atom stereocenters. The summed E-state index contributed by atoms with van der Waals surface area (Å²) in [5.74, 6) is -0.413. The molecule has 0 aliphatic carbocycles. The predicted molar refractivity (Wildman–Crippen MR) is 37.8 cm³/mol. The number of carbonyl (C=O) groups excluding carboxylic acids is 1. The Bertz CT molecular complexity index is 120. The molecule has 0 radical (unpaired) electrons. The van der Waals surface area contributed by atoms with E-state index in [-0.39, 0.29) is 0 Å². The number of ether oxygens (including phenoxy) is 1. The van der Waals surface area contributed by atoms with Gasteiger partial charge in [-0.15, -0.1) is 0 Å². The Morgan fingerprint density at radius 3 is 2.82 bits per heavy atom. The van der Waals surface area contributed by atoms with E-state index < -0.39 is 36.6 Å². The summed E-state index contributed by atoms with van der Waals surface area (Å²) in [6.45, 7) is 2.07. The third-order valence-electron chi connectivity index (χ3n) is 1.13. The molecule has 3 nitrogen and oxygen atoms in total. The number of hydrogen-bond donors (Lipinski definition) is 0. The molecule has 62 valence electrons. The standard InChI is InChI=1S/C3H5ClO3.C3H7.Hg/c1-7-2(4)3(5)6;1-3-2;/h2H,1H3,(H,5,6);1,3H2,2H3;/q;;+1/p-1. The van der Waals surface area contributed by atoms with Crippen LogP contribution in [0, 0.1) is 0 Å². The Kier molecular flexibility index (Phi) is 7.75. The summed E-state index contributed by atoms with van der Waals surface area (Å²) in [5, 5.41) is 0. The zero-order valence-electron chi connectivity index (χ0n) is 6.80. The molecule has 5 heteroatoms. The summed E-state index contributed by atoms with van der Waals surface area (Å²) < 4.78 is 10.6. The van der Waals surface area contributed by atoms with Crippen molar-refractivity contribution >= 4 is 17.6 Å². The molecule has 0 rings (SSSR count). The third-order valence-corrected chi connectivity index (χ3v) is 7.26. The monoisotopic (exact) mass is 368 g/mol. The molecule has 0 bridgehead atoms. The van der Waals surface area contributed by atoms with Gasteiger partial charge in [0.05, 0.1) is 0 Å². The van der Waals surface area contributed by atoms with E-state index in [0.717, 1.165) is 10.4 Å². The van der Waals surface area contributed by atoms with E-state index in [1.54, 1.807) is 0 Å². The third kappa shape index (κ3) is 5.88. The molecular formula is C6H11ClHgO3. The van der Waals surface area contributed by atoms with E-state index in [2.05, 4.69) is 11.7 Å². The van der Waals surface area contributed by atoms with Gasteiger partial charge in [-0.25, -0.2) is 0 Å². The van der Waals surface area contributed by atoms with Gasteiger partial charge in [0.25, 0.3) is 0 Å². The van der Waals surface area contributed by atoms with Gasteiger partial charge < -0.3 is 0 Å². The summed E-state index contributed by atoms with van der Waals surface area (Å²) in [7, 11) is 1.38. The van der Waals surface area contributed by atoms with Crippen LogP contribution in [0.25, 0.3) is 0 Å². The minimum atomic E-state index is -1.37. The van der Waals surface area contributed by atoms with Crippen LogP contribution in [0.5, 0.6) is 0 Å². The van der Waals surface area contributed by atoms with E-state index in [1.165, 1.54) is 7.11 Å². The normalized spacial score (nSPS) is 11.9. The zero-order valence-corrected chi connectivity index (χ0v) is 13.1. The minimum absolute atomic E-state index is 0.413. The molecule has 0 aromatic heterocycles. The van der Waals surface area contributed by atoms with Crippen LogP contribution < -0.4 is 0 Å². The molecule has 0 saturated carbocycles. The van der Waals surface area contributed by atoms with E-state index in [0.29, 0.717) is 0 Å². The van der Waals surface area contributed by atoms with E-state index in [4.69, 9.17) is 14.2 Å². The Labute approximate surface area is 84.5 Å². The molecule has 0 N–H and O–H groups in total. The van der Waals surface area contributed by atoms with Crippen molar-refractivity contribution in [3.8, 4) is 0 Å². The average molecular weight is 367 g/mol. The molecule has 0 aromatic carbocycles. The molecule has 0 amide bonds. The first-order chi connectivity index (χ1) is 5.22. The Morgan fingerprint density at radius 2 is 2.36 bits per heavy atom. The van der Waals surface area contributed by atoms with Crippen molar-refractivity contribution < 1.29 is 37.2 Å². The van der Waals surface area contributed by atoms with Crippen molar-refractivity contribution in [3.05, 3.63) is 0 Å². The summed E-state index contributed by atoms with van der Waals surface area (Å²) in [5.41, 5.74) is -0.910. The first kappa shape index (κ1) is 11.7. The van der Waals surface area contributed by atoms with Crippen molar-refractivity contribution in [2.75, 3.05) is 7.11 Å². The molecule has 0 aliphatic heterocycles. The number of rotatable bonds is 5. The Hall–Kier alpha value is 0.655. The molecule has 1 atom stereocenters. The van der Waals surface area contributed by atoms with Gasteiger partial charge in [0.1, 0.15) is 0 Å². The molecule has 0 fully saturated rings. The van der Waals surface area contributed by atoms with Crippen LogP contribution in [-0.2, 0) is 37.2 Å². The van der Waals surface area contributed by atoms with Gasteiger partial charge in [0.15, 0.2) is 0 Å². The number of alkyl halides is 1. The van der Waals surface area contributed by atoms with Gasteiger partial charge in [-0.3, -0.25) is 0 Å². The Balaban J connectivity index is 3.36. The van der Waals surface area contributed by atoms with Crippen molar-refractivity contribution in [3.63, 3.8) is 0 Å². The molecule has 11 heavy (non-hydrogen) atoms. The van der Waals surface area contributed by atoms with Crippen LogP contribution in [0.1, 0.15) is 13.3 Å². The second-order valence-corrected chi connectivity index (χ2v) is 7.93. The van der Waals surface area contributed by atoms with Crippen LogP contribution in [0.4, 0.5) is 0 Å². The van der Waals surface area contributed by atoms with Crippen LogP contribution in [0.15, 0.2) is 0 Å². The van der Waals surface area contributed by atoms with Crippen molar-refractivity contribution in [1.29, 1.82) is 0 Å². The fourth-order valence-corrected chi connectivity index (χ4v) is 4.01. The molecule has 0 aromatic rings.